The maximum Gasteiger partial charge on any atom is 0.131 e. The Kier molecular flexibility index (Phi) is 2.96. The van der Waals surface area contributed by atoms with Crippen molar-refractivity contribution in [1.29, 1.82) is 0 Å². The minimum atomic E-state index is 0.00353. The van der Waals surface area contributed by atoms with E-state index in [0.29, 0.717) is 0 Å². The second kappa shape index (κ2) is 4.62. The maximum atomic E-state index is 6.06. The molecule has 2 aromatic carbocycles. The average Bonchev–Trinajstić information content (AvgIpc) is 3.19. The van der Waals surface area contributed by atoms with Crippen molar-refractivity contribution >= 4 is 10.8 Å². The van der Waals surface area contributed by atoms with Gasteiger partial charge in [0.2, 0.25) is 0 Å². The van der Waals surface area contributed by atoms with Crippen LogP contribution in [0.5, 0.6) is 5.75 Å². The minimum Gasteiger partial charge on any atom is -0.492 e. The van der Waals surface area contributed by atoms with Crippen LogP contribution in [-0.4, -0.2) is 6.61 Å². The summed E-state index contributed by atoms with van der Waals surface area (Å²) in [6.07, 6.45) is 2.61. The number of hydrogen-bond acceptors (Lipinski definition) is 2. The molecule has 2 aromatic rings. The van der Waals surface area contributed by atoms with Gasteiger partial charge in [-0.25, -0.2) is 0 Å². The number of benzene rings is 2. The van der Waals surface area contributed by atoms with Crippen molar-refractivity contribution < 1.29 is 4.74 Å². The molecule has 2 N–H and O–H groups in total. The van der Waals surface area contributed by atoms with Crippen molar-refractivity contribution in [3.05, 3.63) is 42.0 Å². The first kappa shape index (κ1) is 11.5. The molecule has 1 aliphatic carbocycles. The van der Waals surface area contributed by atoms with E-state index in [2.05, 4.69) is 36.4 Å². The molecular formula is C16H19NO. The van der Waals surface area contributed by atoms with E-state index in [1.165, 1.54) is 23.6 Å². The van der Waals surface area contributed by atoms with Gasteiger partial charge in [0, 0.05) is 17.0 Å². The van der Waals surface area contributed by atoms with Crippen LogP contribution in [0.15, 0.2) is 36.4 Å². The maximum absolute atomic E-state index is 6.06. The van der Waals surface area contributed by atoms with E-state index in [4.69, 9.17) is 10.5 Å². The van der Waals surface area contributed by atoms with Crippen molar-refractivity contribution in [2.75, 3.05) is 6.61 Å². The van der Waals surface area contributed by atoms with Crippen LogP contribution >= 0.6 is 0 Å². The van der Waals surface area contributed by atoms with Gasteiger partial charge in [0.1, 0.15) is 5.75 Å². The molecule has 1 atom stereocenters. The average molecular weight is 241 g/mol. The van der Waals surface area contributed by atoms with Crippen LogP contribution in [0.25, 0.3) is 10.8 Å². The third-order valence-corrected chi connectivity index (χ3v) is 3.56. The standard InChI is InChI=1S/C16H19NO/c1-11(17)14-9-8-13-4-2-3-5-15(13)16(14)18-10-12-6-7-12/h2-5,8-9,11-12H,6-7,10,17H2,1H3/t11-/m1/s1. The highest BCUT2D eigenvalue weighted by molar-refractivity contribution is 5.89. The molecule has 0 aromatic heterocycles. The molecule has 94 valence electrons. The lowest BCUT2D eigenvalue weighted by Crippen LogP contribution is -2.09. The van der Waals surface area contributed by atoms with Gasteiger partial charge in [-0.3, -0.25) is 0 Å². The predicted octanol–water partition coefficient (Wildman–Crippen LogP) is 3.65. The lowest BCUT2D eigenvalue weighted by atomic mass is 10.0. The van der Waals surface area contributed by atoms with Gasteiger partial charge in [0.25, 0.3) is 0 Å². The summed E-state index contributed by atoms with van der Waals surface area (Å²) in [6, 6.07) is 12.6. The topological polar surface area (TPSA) is 35.2 Å². The largest absolute Gasteiger partial charge is 0.492 e. The Balaban J connectivity index is 2.05. The summed E-state index contributed by atoms with van der Waals surface area (Å²) in [4.78, 5) is 0. The van der Waals surface area contributed by atoms with Crippen molar-refractivity contribution in [1.82, 2.24) is 0 Å². The molecule has 3 rings (SSSR count). The van der Waals surface area contributed by atoms with Gasteiger partial charge in [0.05, 0.1) is 6.61 Å². The second-order valence-electron chi connectivity index (χ2n) is 5.25. The summed E-state index contributed by atoms with van der Waals surface area (Å²) in [5, 5.41) is 2.39. The molecule has 0 bridgehead atoms. The van der Waals surface area contributed by atoms with Gasteiger partial charge >= 0.3 is 0 Å². The first-order valence-corrected chi connectivity index (χ1v) is 6.65. The Morgan fingerprint density at radius 2 is 2.00 bits per heavy atom. The molecule has 1 fully saturated rings. The van der Waals surface area contributed by atoms with Crippen LogP contribution in [0.2, 0.25) is 0 Å². The molecule has 0 unspecified atom stereocenters. The first-order chi connectivity index (χ1) is 8.75. The quantitative estimate of drug-likeness (QED) is 0.886. The van der Waals surface area contributed by atoms with Crippen LogP contribution in [0, 0.1) is 5.92 Å². The van der Waals surface area contributed by atoms with Crippen LogP contribution in [-0.2, 0) is 0 Å². The van der Waals surface area contributed by atoms with Crippen molar-refractivity contribution in [3.8, 4) is 5.75 Å². The van der Waals surface area contributed by atoms with E-state index in [1.54, 1.807) is 0 Å². The first-order valence-electron chi connectivity index (χ1n) is 6.65. The summed E-state index contributed by atoms with van der Waals surface area (Å²) in [7, 11) is 0. The molecule has 0 amide bonds. The third-order valence-electron chi connectivity index (χ3n) is 3.56. The smallest absolute Gasteiger partial charge is 0.131 e. The zero-order valence-corrected chi connectivity index (χ0v) is 10.7. The number of fused-ring (bicyclic) bond motifs is 1. The fraction of sp³-hybridized carbons (Fsp3) is 0.375. The van der Waals surface area contributed by atoms with Gasteiger partial charge in [-0.05, 0) is 31.1 Å². The Morgan fingerprint density at radius 1 is 1.22 bits per heavy atom. The lowest BCUT2D eigenvalue weighted by Gasteiger charge is -2.16. The highest BCUT2D eigenvalue weighted by atomic mass is 16.5. The summed E-state index contributed by atoms with van der Waals surface area (Å²) in [5.41, 5.74) is 7.15. The molecule has 2 heteroatoms. The molecule has 18 heavy (non-hydrogen) atoms. The van der Waals surface area contributed by atoms with Crippen LogP contribution in [0.3, 0.4) is 0 Å². The fourth-order valence-corrected chi connectivity index (χ4v) is 2.27. The number of hydrogen-bond donors (Lipinski definition) is 1. The molecular weight excluding hydrogens is 222 g/mol. The van der Waals surface area contributed by atoms with Crippen LogP contribution in [0.1, 0.15) is 31.4 Å². The molecule has 0 radical (unpaired) electrons. The van der Waals surface area contributed by atoms with E-state index in [-0.39, 0.29) is 6.04 Å². The monoisotopic (exact) mass is 241 g/mol. The molecule has 1 aliphatic rings. The van der Waals surface area contributed by atoms with Crippen molar-refractivity contribution in [2.24, 2.45) is 11.7 Å². The van der Waals surface area contributed by atoms with Crippen LogP contribution < -0.4 is 10.5 Å². The molecule has 2 nitrogen and oxygen atoms in total. The molecule has 0 aliphatic heterocycles. The molecule has 0 heterocycles. The third kappa shape index (κ3) is 2.21. The van der Waals surface area contributed by atoms with Crippen LogP contribution in [0.4, 0.5) is 0 Å². The second-order valence-corrected chi connectivity index (χ2v) is 5.25. The summed E-state index contributed by atoms with van der Waals surface area (Å²) in [5.74, 6) is 1.74. The highest BCUT2D eigenvalue weighted by Crippen LogP contribution is 2.35. The van der Waals surface area contributed by atoms with Crippen molar-refractivity contribution in [2.45, 2.75) is 25.8 Å². The van der Waals surface area contributed by atoms with Gasteiger partial charge in [0.15, 0.2) is 0 Å². The van der Waals surface area contributed by atoms with Gasteiger partial charge in [-0.2, -0.15) is 0 Å². The molecule has 1 saturated carbocycles. The Bertz CT molecular complexity index is 558. The number of rotatable bonds is 4. The minimum absolute atomic E-state index is 0.00353. The molecule has 0 spiro atoms. The number of ether oxygens (including phenoxy) is 1. The summed E-state index contributed by atoms with van der Waals surface area (Å²) in [6.45, 7) is 2.84. The van der Waals surface area contributed by atoms with Gasteiger partial charge in [-0.15, -0.1) is 0 Å². The predicted molar refractivity (Wildman–Crippen MR) is 74.8 cm³/mol. The van der Waals surface area contributed by atoms with E-state index in [0.717, 1.165) is 23.8 Å². The zero-order chi connectivity index (χ0) is 12.5. The summed E-state index contributed by atoms with van der Waals surface area (Å²) >= 11 is 0. The van der Waals surface area contributed by atoms with E-state index >= 15 is 0 Å². The highest BCUT2D eigenvalue weighted by Gasteiger charge is 2.23. The Hall–Kier alpha value is -1.54. The molecule has 0 saturated heterocycles. The Morgan fingerprint density at radius 3 is 2.72 bits per heavy atom. The Labute approximate surface area is 108 Å². The number of nitrogens with two attached hydrogens (primary N) is 1. The fourth-order valence-electron chi connectivity index (χ4n) is 2.27. The summed E-state index contributed by atoms with van der Waals surface area (Å²) < 4.78 is 6.06. The van der Waals surface area contributed by atoms with E-state index in [1.807, 2.05) is 6.92 Å². The van der Waals surface area contributed by atoms with Gasteiger partial charge < -0.3 is 10.5 Å². The van der Waals surface area contributed by atoms with Crippen molar-refractivity contribution in [3.63, 3.8) is 0 Å². The lowest BCUT2D eigenvalue weighted by molar-refractivity contribution is 0.299. The van der Waals surface area contributed by atoms with E-state index in [9.17, 15) is 0 Å². The van der Waals surface area contributed by atoms with E-state index < -0.39 is 0 Å². The SMILES string of the molecule is C[C@@H](N)c1ccc2ccccc2c1OCC1CC1. The zero-order valence-electron chi connectivity index (χ0n) is 10.7. The van der Waals surface area contributed by atoms with Gasteiger partial charge in [-0.1, -0.05) is 36.4 Å². The normalized spacial score (nSPS) is 16.8.